The minimum atomic E-state index is -3.70. The van der Waals surface area contributed by atoms with E-state index in [1.807, 2.05) is 5.38 Å². The van der Waals surface area contributed by atoms with Crippen LogP contribution in [0.15, 0.2) is 64.9 Å². The summed E-state index contributed by atoms with van der Waals surface area (Å²) in [7, 11) is -3.70. The second-order valence-corrected chi connectivity index (χ2v) is 9.89. The predicted octanol–water partition coefficient (Wildman–Crippen LogP) is 4.59. The lowest BCUT2D eigenvalue weighted by atomic mass is 10.1. The lowest BCUT2D eigenvalue weighted by Gasteiger charge is -2.20. The van der Waals surface area contributed by atoms with E-state index in [0.717, 1.165) is 0 Å². The average Bonchev–Trinajstić information content (AvgIpc) is 3.30. The minimum Gasteiger partial charge on any atom is -0.322 e. The molecule has 0 spiro atoms. The van der Waals surface area contributed by atoms with Gasteiger partial charge in [0.15, 0.2) is 0 Å². The Morgan fingerprint density at radius 1 is 0.906 bits per heavy atom. The molecule has 7 nitrogen and oxygen atoms in total. The largest absolute Gasteiger partial charge is 0.322 e. The van der Waals surface area contributed by atoms with Crippen LogP contribution in [0.25, 0.3) is 0 Å². The quantitative estimate of drug-likeness (QED) is 0.502. The molecule has 9 heteroatoms. The molecule has 0 atom stereocenters. The van der Waals surface area contributed by atoms with Crippen LogP contribution in [0, 0.1) is 6.92 Å². The number of carbonyl (C=O) groups excluding carboxylic acids is 2. The van der Waals surface area contributed by atoms with Crippen molar-refractivity contribution in [1.29, 1.82) is 0 Å². The number of rotatable bonds is 8. The van der Waals surface area contributed by atoms with Gasteiger partial charge >= 0.3 is 0 Å². The first-order valence-electron chi connectivity index (χ1n) is 10.1. The molecule has 1 heterocycles. The summed E-state index contributed by atoms with van der Waals surface area (Å²) in [5.41, 5.74) is 1.82. The number of hydrogen-bond donors (Lipinski definition) is 2. The molecule has 0 bridgehead atoms. The molecule has 0 unspecified atom stereocenters. The first kappa shape index (κ1) is 23.6. The lowest BCUT2D eigenvalue weighted by molar-refractivity contribution is 0.102. The number of amides is 2. The zero-order valence-corrected chi connectivity index (χ0v) is 19.7. The molecular formula is C23H25N3O4S2. The van der Waals surface area contributed by atoms with E-state index in [1.54, 1.807) is 69.3 Å². The number of hydrogen-bond acceptors (Lipinski definition) is 5. The van der Waals surface area contributed by atoms with Crippen molar-refractivity contribution in [2.24, 2.45) is 0 Å². The van der Waals surface area contributed by atoms with Crippen molar-refractivity contribution < 1.29 is 18.0 Å². The van der Waals surface area contributed by atoms with Crippen LogP contribution in [0.4, 0.5) is 11.4 Å². The molecule has 0 aliphatic rings. The highest BCUT2D eigenvalue weighted by Gasteiger charge is 2.24. The van der Waals surface area contributed by atoms with Crippen molar-refractivity contribution in [3.8, 4) is 0 Å². The fraction of sp³-hybridized carbons (Fsp3) is 0.217. The number of aryl methyl sites for hydroxylation is 1. The van der Waals surface area contributed by atoms with Gasteiger partial charge in [0.05, 0.1) is 9.77 Å². The first-order chi connectivity index (χ1) is 15.3. The minimum absolute atomic E-state index is 0.116. The summed E-state index contributed by atoms with van der Waals surface area (Å²) < 4.78 is 27.3. The number of sulfonamides is 1. The summed E-state index contributed by atoms with van der Waals surface area (Å²) in [6, 6.07) is 14.9. The summed E-state index contributed by atoms with van der Waals surface area (Å²) in [6.07, 6.45) is 0. The summed E-state index contributed by atoms with van der Waals surface area (Å²) in [5, 5.41) is 7.38. The average molecular weight is 472 g/mol. The van der Waals surface area contributed by atoms with Gasteiger partial charge in [-0.1, -0.05) is 32.0 Å². The highest BCUT2D eigenvalue weighted by molar-refractivity contribution is 7.89. The van der Waals surface area contributed by atoms with Crippen molar-refractivity contribution in [3.63, 3.8) is 0 Å². The van der Waals surface area contributed by atoms with Gasteiger partial charge in [0.25, 0.3) is 11.8 Å². The Bertz CT molecular complexity index is 1220. The zero-order chi connectivity index (χ0) is 23.3. The molecule has 168 valence electrons. The van der Waals surface area contributed by atoms with E-state index in [-0.39, 0.29) is 16.4 Å². The van der Waals surface area contributed by atoms with Crippen LogP contribution in [-0.4, -0.2) is 37.6 Å². The smallest absolute Gasteiger partial charge is 0.265 e. The van der Waals surface area contributed by atoms with Crippen molar-refractivity contribution in [1.82, 2.24) is 4.31 Å². The number of thiophene rings is 1. The standard InChI is InChI=1S/C23H25N3O4S2/c1-4-26(5-2)32(29,30)21-14-17(12-11-16(21)3)22(27)24-18-8-6-9-19(15-18)25-23(28)20-10-7-13-31-20/h6-15H,4-5H2,1-3H3,(H,24,27)(H,25,28). The van der Waals surface area contributed by atoms with Gasteiger partial charge in [0.2, 0.25) is 10.0 Å². The maximum absolute atomic E-state index is 12.9. The molecule has 0 aliphatic heterocycles. The molecular weight excluding hydrogens is 446 g/mol. The van der Waals surface area contributed by atoms with Crippen LogP contribution in [0.1, 0.15) is 39.4 Å². The Hall–Kier alpha value is -3.01. The van der Waals surface area contributed by atoms with Crippen LogP contribution in [0.3, 0.4) is 0 Å². The molecule has 2 amide bonds. The van der Waals surface area contributed by atoms with Crippen LogP contribution < -0.4 is 10.6 Å². The molecule has 0 saturated heterocycles. The molecule has 0 aliphatic carbocycles. The summed E-state index contributed by atoms with van der Waals surface area (Å²) in [4.78, 5) is 25.8. The van der Waals surface area contributed by atoms with Gasteiger partial charge in [-0.05, 0) is 54.3 Å². The van der Waals surface area contributed by atoms with Crippen molar-refractivity contribution in [3.05, 3.63) is 76.0 Å². The molecule has 32 heavy (non-hydrogen) atoms. The van der Waals surface area contributed by atoms with Crippen LogP contribution in [0.5, 0.6) is 0 Å². The summed E-state index contributed by atoms with van der Waals surface area (Å²) >= 11 is 1.34. The maximum atomic E-state index is 12.9. The fourth-order valence-corrected chi connectivity index (χ4v) is 5.53. The Kier molecular flexibility index (Phi) is 7.44. The Morgan fingerprint density at radius 2 is 1.56 bits per heavy atom. The van der Waals surface area contributed by atoms with E-state index < -0.39 is 15.9 Å². The van der Waals surface area contributed by atoms with Gasteiger partial charge in [-0.15, -0.1) is 11.3 Å². The number of nitrogens with zero attached hydrogens (tertiary/aromatic N) is 1. The van der Waals surface area contributed by atoms with Gasteiger partial charge in [-0.2, -0.15) is 4.31 Å². The van der Waals surface area contributed by atoms with Gasteiger partial charge in [-0.25, -0.2) is 8.42 Å². The van der Waals surface area contributed by atoms with E-state index in [0.29, 0.717) is 34.9 Å². The third-order valence-corrected chi connectivity index (χ3v) is 7.96. The zero-order valence-electron chi connectivity index (χ0n) is 18.1. The van der Waals surface area contributed by atoms with Crippen molar-refractivity contribution in [2.45, 2.75) is 25.7 Å². The molecule has 0 radical (unpaired) electrons. The molecule has 3 aromatic rings. The predicted molar refractivity (Wildman–Crippen MR) is 128 cm³/mol. The monoisotopic (exact) mass is 471 g/mol. The molecule has 2 N–H and O–H groups in total. The maximum Gasteiger partial charge on any atom is 0.265 e. The summed E-state index contributed by atoms with van der Waals surface area (Å²) in [5.74, 6) is -0.670. The number of nitrogens with one attached hydrogen (secondary N) is 2. The molecule has 3 rings (SSSR count). The third-order valence-electron chi connectivity index (χ3n) is 4.90. The Labute approximate surface area is 192 Å². The second kappa shape index (κ2) is 10.1. The van der Waals surface area contributed by atoms with Crippen LogP contribution in [-0.2, 0) is 10.0 Å². The van der Waals surface area contributed by atoms with Crippen molar-refractivity contribution in [2.75, 3.05) is 23.7 Å². The van der Waals surface area contributed by atoms with Crippen LogP contribution >= 0.6 is 11.3 Å². The Balaban J connectivity index is 1.80. The molecule has 1 aromatic heterocycles. The lowest BCUT2D eigenvalue weighted by Crippen LogP contribution is -2.31. The highest BCUT2D eigenvalue weighted by atomic mass is 32.2. The SMILES string of the molecule is CCN(CC)S(=O)(=O)c1cc(C(=O)Nc2cccc(NC(=O)c3cccs3)c2)ccc1C. The highest BCUT2D eigenvalue weighted by Crippen LogP contribution is 2.23. The second-order valence-electron chi connectivity index (χ2n) is 7.04. The van der Waals surface area contributed by atoms with E-state index in [1.165, 1.54) is 21.7 Å². The Morgan fingerprint density at radius 3 is 2.16 bits per heavy atom. The van der Waals surface area contributed by atoms with E-state index in [2.05, 4.69) is 10.6 Å². The molecule has 2 aromatic carbocycles. The number of benzene rings is 2. The number of carbonyl (C=O) groups is 2. The normalized spacial score (nSPS) is 11.4. The van der Waals surface area contributed by atoms with E-state index in [4.69, 9.17) is 0 Å². The van der Waals surface area contributed by atoms with Gasteiger partial charge < -0.3 is 10.6 Å². The van der Waals surface area contributed by atoms with E-state index in [9.17, 15) is 18.0 Å². The number of anilines is 2. The van der Waals surface area contributed by atoms with Crippen LogP contribution in [0.2, 0.25) is 0 Å². The topological polar surface area (TPSA) is 95.6 Å². The van der Waals surface area contributed by atoms with Gasteiger partial charge in [0, 0.05) is 30.0 Å². The fourth-order valence-electron chi connectivity index (χ4n) is 3.20. The van der Waals surface area contributed by atoms with Crippen molar-refractivity contribution >= 4 is 44.5 Å². The van der Waals surface area contributed by atoms with Gasteiger partial charge in [0.1, 0.15) is 0 Å². The van der Waals surface area contributed by atoms with Gasteiger partial charge in [-0.3, -0.25) is 9.59 Å². The molecule has 0 saturated carbocycles. The third kappa shape index (κ3) is 5.24. The summed E-state index contributed by atoms with van der Waals surface area (Å²) in [6.45, 7) is 5.95. The molecule has 0 fully saturated rings. The first-order valence-corrected chi connectivity index (χ1v) is 12.4. The van der Waals surface area contributed by atoms with E-state index >= 15 is 0 Å².